The average Bonchev–Trinajstić information content (AvgIpc) is 2.90. The fourth-order valence-electron chi connectivity index (χ4n) is 5.13. The normalized spacial score (nSPS) is 30.1. The molecule has 0 bridgehead atoms. The van der Waals surface area contributed by atoms with Crippen molar-refractivity contribution in [3.8, 4) is 5.75 Å². The molecule has 4 rings (SSSR count). The molecule has 2 aromatic carbocycles. The van der Waals surface area contributed by atoms with E-state index in [9.17, 15) is 0 Å². The molecular weight excluding hydrogens is 359 g/mol. The molecule has 0 amide bonds. The molecule has 3 unspecified atom stereocenters. The second-order valence-corrected chi connectivity index (χ2v) is 9.65. The van der Waals surface area contributed by atoms with Crippen molar-refractivity contribution < 1.29 is 14.0 Å². The van der Waals surface area contributed by atoms with Crippen LogP contribution in [0.25, 0.3) is 0 Å². The number of rotatable bonds is 5. The summed E-state index contributed by atoms with van der Waals surface area (Å²) in [7, 11) is 1.51. The Hall–Kier alpha value is -1.78. The minimum absolute atomic E-state index is 0.0415. The summed E-state index contributed by atoms with van der Waals surface area (Å²) in [5, 5.41) is -0.0415. The second kappa shape index (κ2) is 7.18. The summed E-state index contributed by atoms with van der Waals surface area (Å²) in [6, 6.07) is 19.5. The summed E-state index contributed by atoms with van der Waals surface area (Å²) in [6.07, 6.45) is 2.09. The van der Waals surface area contributed by atoms with E-state index in [-0.39, 0.29) is 23.6 Å². The summed E-state index contributed by atoms with van der Waals surface area (Å²) < 4.78 is 18.6. The lowest BCUT2D eigenvalue weighted by molar-refractivity contribution is 0.00578. The summed E-state index contributed by atoms with van der Waals surface area (Å²) in [6.45, 7) is 10.9. The van der Waals surface area contributed by atoms with Crippen molar-refractivity contribution in [2.45, 2.75) is 75.8 Å². The SMILES string of the molecule is CCC1(B2OC(C)(C)C(C)(C)O2)CC(c2ccccc2)C1c1ccc(OC)cc1. The molecular formula is C25H33BO3. The lowest BCUT2D eigenvalue weighted by Crippen LogP contribution is -2.50. The molecule has 1 saturated heterocycles. The fourth-order valence-corrected chi connectivity index (χ4v) is 5.13. The summed E-state index contributed by atoms with van der Waals surface area (Å²) >= 11 is 0. The topological polar surface area (TPSA) is 27.7 Å². The van der Waals surface area contributed by atoms with Crippen LogP contribution in [0.3, 0.4) is 0 Å². The van der Waals surface area contributed by atoms with Crippen LogP contribution in [0.5, 0.6) is 5.75 Å². The second-order valence-electron chi connectivity index (χ2n) is 9.65. The number of hydrogen-bond acceptors (Lipinski definition) is 3. The monoisotopic (exact) mass is 392 g/mol. The maximum absolute atomic E-state index is 6.60. The molecule has 2 aliphatic rings. The number of benzene rings is 2. The van der Waals surface area contributed by atoms with Crippen LogP contribution in [0.15, 0.2) is 54.6 Å². The van der Waals surface area contributed by atoms with Gasteiger partial charge in [-0.3, -0.25) is 0 Å². The Morgan fingerprint density at radius 2 is 1.48 bits per heavy atom. The van der Waals surface area contributed by atoms with E-state index < -0.39 is 0 Å². The predicted molar refractivity (Wildman–Crippen MR) is 119 cm³/mol. The molecule has 1 aliphatic carbocycles. The van der Waals surface area contributed by atoms with E-state index in [0.29, 0.717) is 11.8 Å². The van der Waals surface area contributed by atoms with Gasteiger partial charge in [-0.25, -0.2) is 0 Å². The minimum atomic E-state index is -0.317. The summed E-state index contributed by atoms with van der Waals surface area (Å²) in [5.74, 6) is 1.70. The third kappa shape index (κ3) is 3.21. The zero-order chi connectivity index (χ0) is 20.9. The van der Waals surface area contributed by atoms with E-state index in [1.54, 1.807) is 7.11 Å². The van der Waals surface area contributed by atoms with Crippen molar-refractivity contribution in [2.75, 3.05) is 7.11 Å². The highest BCUT2D eigenvalue weighted by molar-refractivity contribution is 6.50. The van der Waals surface area contributed by atoms with E-state index in [1.807, 2.05) is 0 Å². The molecule has 1 saturated carbocycles. The highest BCUT2D eigenvalue weighted by atomic mass is 16.7. The van der Waals surface area contributed by atoms with Gasteiger partial charge in [0, 0.05) is 5.31 Å². The Labute approximate surface area is 175 Å². The van der Waals surface area contributed by atoms with Crippen LogP contribution in [0.1, 0.15) is 70.4 Å². The lowest BCUT2D eigenvalue weighted by Gasteiger charge is -2.56. The molecule has 2 fully saturated rings. The van der Waals surface area contributed by atoms with E-state index >= 15 is 0 Å². The Morgan fingerprint density at radius 3 is 2.00 bits per heavy atom. The molecule has 154 valence electrons. The molecule has 4 heteroatoms. The van der Waals surface area contributed by atoms with Gasteiger partial charge in [0.25, 0.3) is 0 Å². The first-order valence-corrected chi connectivity index (χ1v) is 10.8. The van der Waals surface area contributed by atoms with Crippen molar-refractivity contribution in [1.82, 2.24) is 0 Å². The molecule has 29 heavy (non-hydrogen) atoms. The third-order valence-corrected chi connectivity index (χ3v) is 7.71. The summed E-state index contributed by atoms with van der Waals surface area (Å²) in [4.78, 5) is 0. The van der Waals surface area contributed by atoms with Crippen molar-refractivity contribution in [3.05, 3.63) is 65.7 Å². The van der Waals surface area contributed by atoms with Crippen LogP contribution in [0, 0.1) is 0 Å². The van der Waals surface area contributed by atoms with E-state index in [0.717, 1.165) is 18.6 Å². The van der Waals surface area contributed by atoms with Crippen LogP contribution in [0.2, 0.25) is 5.31 Å². The maximum atomic E-state index is 6.60. The van der Waals surface area contributed by atoms with Gasteiger partial charge in [0.2, 0.25) is 0 Å². The van der Waals surface area contributed by atoms with Crippen LogP contribution < -0.4 is 4.74 Å². The Kier molecular flexibility index (Phi) is 5.07. The third-order valence-electron chi connectivity index (χ3n) is 7.71. The highest BCUT2D eigenvalue weighted by Crippen LogP contribution is 2.71. The van der Waals surface area contributed by atoms with Gasteiger partial charge in [-0.1, -0.05) is 55.8 Å². The van der Waals surface area contributed by atoms with E-state index in [2.05, 4.69) is 89.2 Å². The Bertz CT molecular complexity index is 830. The van der Waals surface area contributed by atoms with Crippen molar-refractivity contribution >= 4 is 7.12 Å². The van der Waals surface area contributed by atoms with Crippen molar-refractivity contribution in [3.63, 3.8) is 0 Å². The van der Waals surface area contributed by atoms with Crippen molar-refractivity contribution in [2.24, 2.45) is 0 Å². The number of ether oxygens (including phenoxy) is 1. The molecule has 0 aromatic heterocycles. The largest absolute Gasteiger partial charge is 0.497 e. The van der Waals surface area contributed by atoms with Gasteiger partial charge in [0.05, 0.1) is 18.3 Å². The Balaban J connectivity index is 1.74. The minimum Gasteiger partial charge on any atom is -0.497 e. The average molecular weight is 392 g/mol. The molecule has 1 heterocycles. The summed E-state index contributed by atoms with van der Waals surface area (Å²) in [5.41, 5.74) is 2.10. The molecule has 3 nitrogen and oxygen atoms in total. The zero-order valence-electron chi connectivity index (χ0n) is 18.6. The molecule has 0 spiro atoms. The maximum Gasteiger partial charge on any atom is 0.465 e. The highest BCUT2D eigenvalue weighted by Gasteiger charge is 2.67. The van der Waals surface area contributed by atoms with Gasteiger partial charge in [0.1, 0.15) is 5.75 Å². The van der Waals surface area contributed by atoms with Gasteiger partial charge in [0.15, 0.2) is 0 Å². The first-order valence-electron chi connectivity index (χ1n) is 10.8. The predicted octanol–water partition coefficient (Wildman–Crippen LogP) is 6.21. The molecule has 0 N–H and O–H groups in total. The molecule has 2 aromatic rings. The van der Waals surface area contributed by atoms with Gasteiger partial charge in [-0.2, -0.15) is 0 Å². The number of methoxy groups -OCH3 is 1. The standard InChI is InChI=1S/C25H33BO3/c1-7-25(26-28-23(2,3)24(4,5)29-26)17-21(18-11-9-8-10-12-18)22(25)19-13-15-20(27-6)16-14-19/h8-16,21-22H,7,17H2,1-6H3. The van der Waals surface area contributed by atoms with Gasteiger partial charge >= 0.3 is 7.12 Å². The van der Waals surface area contributed by atoms with E-state index in [1.165, 1.54) is 11.1 Å². The first kappa shape index (κ1) is 20.5. The van der Waals surface area contributed by atoms with Crippen LogP contribution in [-0.2, 0) is 9.31 Å². The van der Waals surface area contributed by atoms with Crippen LogP contribution in [-0.4, -0.2) is 25.4 Å². The van der Waals surface area contributed by atoms with Crippen LogP contribution in [0.4, 0.5) is 0 Å². The number of hydrogen-bond donors (Lipinski definition) is 0. The molecule has 3 atom stereocenters. The van der Waals surface area contributed by atoms with E-state index in [4.69, 9.17) is 14.0 Å². The molecule has 0 radical (unpaired) electrons. The fraction of sp³-hybridized carbons (Fsp3) is 0.520. The molecule has 1 aliphatic heterocycles. The first-order chi connectivity index (χ1) is 13.7. The zero-order valence-corrected chi connectivity index (χ0v) is 18.6. The lowest BCUT2D eigenvalue weighted by atomic mass is 9.35. The quantitative estimate of drug-likeness (QED) is 0.567. The van der Waals surface area contributed by atoms with Gasteiger partial charge in [-0.15, -0.1) is 0 Å². The van der Waals surface area contributed by atoms with Crippen LogP contribution >= 0.6 is 0 Å². The van der Waals surface area contributed by atoms with Gasteiger partial charge < -0.3 is 14.0 Å². The Morgan fingerprint density at radius 1 is 0.897 bits per heavy atom. The smallest absolute Gasteiger partial charge is 0.465 e. The van der Waals surface area contributed by atoms with Crippen molar-refractivity contribution in [1.29, 1.82) is 0 Å². The van der Waals surface area contributed by atoms with Gasteiger partial charge in [-0.05, 0) is 69.2 Å².